The van der Waals surface area contributed by atoms with E-state index in [1.807, 2.05) is 41.8 Å². The zero-order valence-electron chi connectivity index (χ0n) is 11.2. The van der Waals surface area contributed by atoms with E-state index >= 15 is 0 Å². The van der Waals surface area contributed by atoms with Crippen LogP contribution in [0.15, 0.2) is 47.9 Å². The van der Waals surface area contributed by atoms with Gasteiger partial charge in [-0.2, -0.15) is 0 Å². The van der Waals surface area contributed by atoms with Crippen molar-refractivity contribution in [3.8, 4) is 0 Å². The van der Waals surface area contributed by atoms with Crippen LogP contribution in [0.2, 0.25) is 0 Å². The molecule has 0 atom stereocenters. The molecule has 0 aliphatic heterocycles. The lowest BCUT2D eigenvalue weighted by Crippen LogP contribution is -2.02. The zero-order chi connectivity index (χ0) is 14.4. The summed E-state index contributed by atoms with van der Waals surface area (Å²) < 4.78 is 4.94. The van der Waals surface area contributed by atoms with Crippen LogP contribution in [0.25, 0.3) is 5.57 Å². The van der Waals surface area contributed by atoms with Crippen molar-refractivity contribution < 1.29 is 14.6 Å². The van der Waals surface area contributed by atoms with Crippen LogP contribution in [0.4, 0.5) is 0 Å². The molecule has 0 radical (unpaired) electrons. The van der Waals surface area contributed by atoms with E-state index in [0.29, 0.717) is 12.2 Å². The topological polar surface area (TPSA) is 46.5 Å². The van der Waals surface area contributed by atoms with Gasteiger partial charge < -0.3 is 9.84 Å². The van der Waals surface area contributed by atoms with E-state index in [0.717, 1.165) is 16.9 Å². The Kier molecular flexibility index (Phi) is 5.09. The summed E-state index contributed by atoms with van der Waals surface area (Å²) in [5.74, 6) is -0.918. The first-order valence-electron chi connectivity index (χ1n) is 6.25. The first-order valence-corrected chi connectivity index (χ1v) is 7.13. The van der Waals surface area contributed by atoms with Crippen LogP contribution in [0.1, 0.15) is 16.0 Å². The Balaban J connectivity index is 2.29. The van der Waals surface area contributed by atoms with Gasteiger partial charge in [0.05, 0.1) is 12.2 Å². The number of rotatable bonds is 6. The molecule has 20 heavy (non-hydrogen) atoms. The van der Waals surface area contributed by atoms with E-state index in [4.69, 9.17) is 4.74 Å². The van der Waals surface area contributed by atoms with Crippen LogP contribution in [-0.2, 0) is 16.0 Å². The lowest BCUT2D eigenvalue weighted by molar-refractivity contribution is -0.130. The highest BCUT2D eigenvalue weighted by molar-refractivity contribution is 7.11. The Morgan fingerprint density at radius 3 is 2.70 bits per heavy atom. The number of carbonyl (C=O) groups is 1. The minimum absolute atomic E-state index is 0.296. The highest BCUT2D eigenvalue weighted by Gasteiger charge is 2.16. The Morgan fingerprint density at radius 2 is 2.05 bits per heavy atom. The molecule has 2 rings (SSSR count). The van der Waals surface area contributed by atoms with E-state index in [2.05, 4.69) is 0 Å². The maximum absolute atomic E-state index is 11.4. The summed E-state index contributed by atoms with van der Waals surface area (Å²) in [4.78, 5) is 12.2. The monoisotopic (exact) mass is 288 g/mol. The van der Waals surface area contributed by atoms with Crippen molar-refractivity contribution in [1.29, 1.82) is 0 Å². The molecule has 1 aromatic carbocycles. The summed E-state index contributed by atoms with van der Waals surface area (Å²) in [6, 6.07) is 12.0. The van der Waals surface area contributed by atoms with Crippen LogP contribution >= 0.6 is 11.3 Å². The number of hydrogen-bond acceptors (Lipinski definition) is 3. The van der Waals surface area contributed by atoms with Gasteiger partial charge in [0.1, 0.15) is 0 Å². The van der Waals surface area contributed by atoms with Crippen molar-refractivity contribution in [3.63, 3.8) is 0 Å². The van der Waals surface area contributed by atoms with E-state index in [9.17, 15) is 9.90 Å². The van der Waals surface area contributed by atoms with Gasteiger partial charge in [-0.25, -0.2) is 4.79 Å². The van der Waals surface area contributed by atoms with Gasteiger partial charge in [0.2, 0.25) is 0 Å². The van der Waals surface area contributed by atoms with Crippen LogP contribution < -0.4 is 0 Å². The number of carboxylic acids is 1. The molecule has 0 saturated carbocycles. The van der Waals surface area contributed by atoms with Crippen molar-refractivity contribution in [1.82, 2.24) is 0 Å². The Labute approximate surface area is 122 Å². The van der Waals surface area contributed by atoms with Gasteiger partial charge in [0.15, 0.2) is 0 Å². The fraction of sp³-hybridized carbons (Fsp3) is 0.188. The molecule has 3 nitrogen and oxygen atoms in total. The molecule has 4 heteroatoms. The van der Waals surface area contributed by atoms with E-state index in [-0.39, 0.29) is 0 Å². The third kappa shape index (κ3) is 3.56. The average molecular weight is 288 g/mol. The summed E-state index contributed by atoms with van der Waals surface area (Å²) in [5.41, 5.74) is 2.52. The number of carboxylic acid groups (broad SMARTS) is 1. The van der Waals surface area contributed by atoms with E-state index < -0.39 is 5.97 Å². The molecule has 0 amide bonds. The maximum Gasteiger partial charge on any atom is 0.336 e. The average Bonchev–Trinajstić information content (AvgIpc) is 2.88. The quantitative estimate of drug-likeness (QED) is 0.828. The molecule has 1 N–H and O–H groups in total. The van der Waals surface area contributed by atoms with Gasteiger partial charge in [0.25, 0.3) is 0 Å². The lowest BCUT2D eigenvalue weighted by atomic mass is 10.0. The number of benzene rings is 1. The molecule has 0 fully saturated rings. The Morgan fingerprint density at radius 1 is 1.30 bits per heavy atom. The highest BCUT2D eigenvalue weighted by atomic mass is 32.1. The molecule has 104 valence electrons. The molecule has 1 aromatic heterocycles. The molecule has 0 bridgehead atoms. The van der Waals surface area contributed by atoms with Crippen LogP contribution in [0.5, 0.6) is 0 Å². The minimum Gasteiger partial charge on any atom is -0.478 e. The zero-order valence-corrected chi connectivity index (χ0v) is 12.0. The van der Waals surface area contributed by atoms with Crippen molar-refractivity contribution in [2.75, 3.05) is 13.7 Å². The third-order valence-corrected chi connectivity index (χ3v) is 3.90. The molecule has 0 unspecified atom stereocenters. The van der Waals surface area contributed by atoms with Gasteiger partial charge in [-0.05, 0) is 35.1 Å². The number of ether oxygens (including phenoxy) is 1. The summed E-state index contributed by atoms with van der Waals surface area (Å²) in [6.45, 7) is 0.296. The fourth-order valence-electron chi connectivity index (χ4n) is 1.97. The standard InChI is InChI=1S/C16H16O3S/c1-19-9-7-14(16(17)18)15-13(8-10-20-15)11-12-5-3-2-4-6-12/h2-8,10H,9,11H2,1H3,(H,17,18)/b14-7+. The first-order chi connectivity index (χ1) is 9.72. The molecular formula is C16H16O3S. The van der Waals surface area contributed by atoms with Crippen LogP contribution in [-0.4, -0.2) is 24.8 Å². The lowest BCUT2D eigenvalue weighted by Gasteiger charge is -2.05. The largest absolute Gasteiger partial charge is 0.478 e. The third-order valence-electron chi connectivity index (χ3n) is 2.91. The maximum atomic E-state index is 11.4. The van der Waals surface area contributed by atoms with Crippen LogP contribution in [0, 0.1) is 0 Å². The normalized spacial score (nSPS) is 11.6. The van der Waals surface area contributed by atoms with E-state index in [1.54, 1.807) is 13.2 Å². The van der Waals surface area contributed by atoms with Gasteiger partial charge in [0, 0.05) is 12.0 Å². The minimum atomic E-state index is -0.918. The molecule has 0 aliphatic carbocycles. The fourth-order valence-corrected chi connectivity index (χ4v) is 2.93. The molecular weight excluding hydrogens is 272 g/mol. The van der Waals surface area contributed by atoms with Crippen molar-refractivity contribution >= 4 is 22.9 Å². The summed E-state index contributed by atoms with van der Waals surface area (Å²) >= 11 is 1.45. The smallest absolute Gasteiger partial charge is 0.336 e. The summed E-state index contributed by atoms with van der Waals surface area (Å²) in [6.07, 6.45) is 2.35. The molecule has 0 saturated heterocycles. The van der Waals surface area contributed by atoms with Crippen molar-refractivity contribution in [2.45, 2.75) is 6.42 Å². The van der Waals surface area contributed by atoms with Crippen LogP contribution in [0.3, 0.4) is 0 Å². The van der Waals surface area contributed by atoms with Gasteiger partial charge in [-0.1, -0.05) is 30.3 Å². The molecule has 2 aromatic rings. The second kappa shape index (κ2) is 7.03. The number of hydrogen-bond donors (Lipinski definition) is 1. The number of methoxy groups -OCH3 is 1. The van der Waals surface area contributed by atoms with Gasteiger partial charge >= 0.3 is 5.97 Å². The van der Waals surface area contributed by atoms with Gasteiger partial charge in [-0.15, -0.1) is 11.3 Å². The molecule has 1 heterocycles. The second-order valence-electron chi connectivity index (χ2n) is 4.32. The summed E-state index contributed by atoms with van der Waals surface area (Å²) in [7, 11) is 1.55. The van der Waals surface area contributed by atoms with Gasteiger partial charge in [-0.3, -0.25) is 0 Å². The first kappa shape index (κ1) is 14.5. The Bertz CT molecular complexity index is 599. The predicted octanol–water partition coefficient (Wildman–Crippen LogP) is 3.45. The number of thiophene rings is 1. The van der Waals surface area contributed by atoms with Crippen molar-refractivity contribution in [2.24, 2.45) is 0 Å². The highest BCUT2D eigenvalue weighted by Crippen LogP contribution is 2.27. The second-order valence-corrected chi connectivity index (χ2v) is 5.23. The predicted molar refractivity (Wildman–Crippen MR) is 81.1 cm³/mol. The number of aliphatic carboxylic acids is 1. The summed E-state index contributed by atoms with van der Waals surface area (Å²) in [5, 5.41) is 11.3. The SMILES string of the molecule is COC/C=C(/C(=O)O)c1sccc1Cc1ccccc1. The van der Waals surface area contributed by atoms with E-state index in [1.165, 1.54) is 16.9 Å². The molecule has 0 aliphatic rings. The Hall–Kier alpha value is -1.91. The molecule has 0 spiro atoms. The van der Waals surface area contributed by atoms with Crippen molar-refractivity contribution in [3.05, 3.63) is 63.9 Å².